The van der Waals surface area contributed by atoms with Crippen molar-refractivity contribution in [2.45, 2.75) is 99.7 Å². The van der Waals surface area contributed by atoms with Gasteiger partial charge in [0.1, 0.15) is 49.8 Å². The van der Waals surface area contributed by atoms with Crippen molar-refractivity contribution >= 4 is 0 Å². The number of aliphatic hydroxyl groups excluding tert-OH is 2. The molecule has 0 spiro atoms. The molecular weight excluding hydrogens is 588 g/mol. The number of methoxy groups -OCH3 is 1. The molecule has 3 rings (SSSR count). The highest BCUT2D eigenvalue weighted by Crippen LogP contribution is 2.34. The normalized spacial score (nSPS) is 44.8. The fourth-order valence-corrected chi connectivity index (χ4v) is 5.02. The molecule has 0 saturated carbocycles. The molecule has 0 aromatic heterocycles. The molecule has 3 aliphatic heterocycles. The molecule has 0 aromatic carbocycles. The third-order valence-electron chi connectivity index (χ3n) is 7.27. The van der Waals surface area contributed by atoms with Crippen molar-refractivity contribution in [1.82, 2.24) is 0 Å². The summed E-state index contributed by atoms with van der Waals surface area (Å²) in [5.41, 5.74) is 12.2. The molecule has 3 saturated heterocycles. The van der Waals surface area contributed by atoms with Crippen LogP contribution >= 0.6 is 0 Å². The number of aliphatic hydroxyl groups is 2. The van der Waals surface area contributed by atoms with Crippen LogP contribution in [0, 0.1) is 5.92 Å². The molecule has 10 N–H and O–H groups in total. The Hall–Kier alpha value is -0.880. The second kappa shape index (κ2) is 17.0. The predicted octanol–water partition coefficient (Wildman–Crippen LogP) is -2.97. The molecule has 0 radical (unpaired) electrons. The Bertz CT molecular complexity index is 775. The van der Waals surface area contributed by atoms with Crippen LogP contribution in [-0.4, -0.2) is 137 Å². The number of rotatable bonds is 15. The molecule has 0 aromatic rings. The molecule has 0 aliphatic carbocycles. The first kappa shape index (κ1) is 35.6. The van der Waals surface area contributed by atoms with E-state index in [0.29, 0.717) is 0 Å². The van der Waals surface area contributed by atoms with Gasteiger partial charge < -0.3 is 50.1 Å². The average molecular weight is 627 g/mol. The van der Waals surface area contributed by atoms with E-state index in [9.17, 15) is 10.2 Å². The molecule has 248 valence electrons. The third kappa shape index (κ3) is 8.23. The molecule has 22 heteroatoms. The number of hydrogen-bond acceptors (Lipinski definition) is 22. The minimum atomic E-state index is -1.69. The van der Waals surface area contributed by atoms with E-state index in [1.54, 1.807) is 6.92 Å². The summed E-state index contributed by atoms with van der Waals surface area (Å²) in [4.78, 5) is 18.7. The molecule has 22 nitrogen and oxygen atoms in total. The zero-order valence-corrected chi connectivity index (χ0v) is 22.6. The third-order valence-corrected chi connectivity index (χ3v) is 7.27. The van der Waals surface area contributed by atoms with E-state index in [-0.39, 0.29) is 6.61 Å². The standard InChI is InChI=1S/C20H38N2O20/c1-6-8(4-30-39-25)33-19(11(22)14(6)37-41-27)35-15-7(2)32-20(17(13(15)24)38-42-28)36-16-9(5-31-40-26)34-18(29-3)10(21)12(16)23/h6-20,23-28H,4-5,21-22H2,1-3H3/t6-,7?,8+,9?,10?,11?,12-,13+,14+,15-,16-,17?,18+,19-,20+/m1/s1. The molecule has 3 heterocycles. The predicted molar refractivity (Wildman–Crippen MR) is 122 cm³/mol. The minimum absolute atomic E-state index is 0.334. The summed E-state index contributed by atoms with van der Waals surface area (Å²) in [7, 11) is 1.28. The van der Waals surface area contributed by atoms with Crippen LogP contribution < -0.4 is 11.5 Å². The van der Waals surface area contributed by atoms with Crippen LogP contribution in [0.2, 0.25) is 0 Å². The minimum Gasteiger partial charge on any atom is -0.388 e. The van der Waals surface area contributed by atoms with Gasteiger partial charge in [-0.2, -0.15) is 4.89 Å². The summed E-state index contributed by atoms with van der Waals surface area (Å²) in [6, 6.07) is -2.25. The van der Waals surface area contributed by atoms with E-state index >= 15 is 0 Å². The van der Waals surface area contributed by atoms with Gasteiger partial charge in [0.2, 0.25) is 0 Å². The van der Waals surface area contributed by atoms with Crippen LogP contribution in [0.4, 0.5) is 0 Å². The zero-order chi connectivity index (χ0) is 31.0. The zero-order valence-electron chi connectivity index (χ0n) is 22.6. The molecular formula is C20H38N2O20. The Morgan fingerprint density at radius 3 is 1.79 bits per heavy atom. The first-order chi connectivity index (χ1) is 20.1. The van der Waals surface area contributed by atoms with Gasteiger partial charge in [-0.15, -0.1) is 0 Å². The maximum atomic E-state index is 11.2. The van der Waals surface area contributed by atoms with Crippen LogP contribution in [0.25, 0.3) is 0 Å². The highest BCUT2D eigenvalue weighted by Gasteiger charge is 2.54. The van der Waals surface area contributed by atoms with Crippen LogP contribution in [-0.2, 0) is 68.1 Å². The Morgan fingerprint density at radius 2 is 1.19 bits per heavy atom. The smallest absolute Gasteiger partial charge is 0.190 e. The first-order valence-electron chi connectivity index (χ1n) is 12.6. The van der Waals surface area contributed by atoms with E-state index in [0.717, 1.165) is 0 Å². The lowest BCUT2D eigenvalue weighted by Gasteiger charge is -2.48. The van der Waals surface area contributed by atoms with Gasteiger partial charge in [-0.05, 0) is 6.92 Å². The lowest BCUT2D eigenvalue weighted by molar-refractivity contribution is -0.536. The van der Waals surface area contributed by atoms with Gasteiger partial charge in [-0.25, -0.2) is 35.7 Å². The molecule has 5 unspecified atom stereocenters. The summed E-state index contributed by atoms with van der Waals surface area (Å²) in [6.45, 7) is 2.28. The van der Waals surface area contributed by atoms with E-state index < -0.39 is 98.4 Å². The number of ether oxygens (including phenoxy) is 6. The van der Waals surface area contributed by atoms with Crippen molar-refractivity contribution in [2.24, 2.45) is 17.4 Å². The van der Waals surface area contributed by atoms with Crippen molar-refractivity contribution in [3.05, 3.63) is 0 Å². The summed E-state index contributed by atoms with van der Waals surface area (Å²) >= 11 is 0. The molecule has 0 amide bonds. The SMILES string of the molecule is CO[C@H]1OC(COOO)[C@@H](O[C@@H]2OC(C)[C@@H](O[C@H]3O[C@@H](COOO)[C@@H](C)[C@H](OOO)C3N)[C@H](O)C2OOO)[C@H](O)C1N. The summed E-state index contributed by atoms with van der Waals surface area (Å²) in [5.74, 6) is -0.592. The Labute approximate surface area is 237 Å². The van der Waals surface area contributed by atoms with E-state index in [2.05, 4.69) is 29.9 Å². The fraction of sp³-hybridized carbons (Fsp3) is 1.00. The second-order valence-corrected chi connectivity index (χ2v) is 9.72. The maximum Gasteiger partial charge on any atom is 0.190 e. The molecule has 15 atom stereocenters. The fourth-order valence-electron chi connectivity index (χ4n) is 5.02. The summed E-state index contributed by atoms with van der Waals surface area (Å²) in [5, 5.41) is 71.9. The lowest BCUT2D eigenvalue weighted by atomic mass is 9.89. The molecule has 42 heavy (non-hydrogen) atoms. The Morgan fingerprint density at radius 1 is 0.619 bits per heavy atom. The van der Waals surface area contributed by atoms with Gasteiger partial charge in [0, 0.05) is 13.0 Å². The van der Waals surface area contributed by atoms with Gasteiger partial charge in [0.15, 0.2) is 25.0 Å². The number of hydrogen-bond donors (Lipinski definition) is 8. The Kier molecular flexibility index (Phi) is 14.4. The van der Waals surface area contributed by atoms with Gasteiger partial charge in [0.25, 0.3) is 0 Å². The van der Waals surface area contributed by atoms with Gasteiger partial charge >= 0.3 is 0 Å². The average Bonchev–Trinajstić information content (AvgIpc) is 2.97. The highest BCUT2D eigenvalue weighted by molar-refractivity contribution is 4.97. The molecule has 3 aliphatic rings. The first-order valence-corrected chi connectivity index (χ1v) is 12.6. The van der Waals surface area contributed by atoms with Crippen molar-refractivity contribution < 1.29 is 99.4 Å². The second-order valence-electron chi connectivity index (χ2n) is 9.72. The highest BCUT2D eigenvalue weighted by atomic mass is 17.5. The summed E-state index contributed by atoms with van der Waals surface area (Å²) in [6.07, 6.45) is -15.6. The van der Waals surface area contributed by atoms with Crippen LogP contribution in [0.3, 0.4) is 0 Å². The van der Waals surface area contributed by atoms with E-state index in [1.165, 1.54) is 14.0 Å². The molecule has 0 bridgehead atoms. The van der Waals surface area contributed by atoms with Gasteiger partial charge in [-0.1, -0.05) is 27.1 Å². The van der Waals surface area contributed by atoms with Crippen LogP contribution in [0.1, 0.15) is 13.8 Å². The van der Waals surface area contributed by atoms with Crippen LogP contribution in [0.5, 0.6) is 0 Å². The van der Waals surface area contributed by atoms with Gasteiger partial charge in [-0.3, -0.25) is 0 Å². The monoisotopic (exact) mass is 626 g/mol. The largest absolute Gasteiger partial charge is 0.388 e. The van der Waals surface area contributed by atoms with Crippen LogP contribution in [0.15, 0.2) is 0 Å². The maximum absolute atomic E-state index is 11.2. The van der Waals surface area contributed by atoms with Crippen molar-refractivity contribution in [3.8, 4) is 0 Å². The lowest BCUT2D eigenvalue weighted by Crippen LogP contribution is -2.67. The topological polar surface area (TPSA) is 303 Å². The van der Waals surface area contributed by atoms with Crippen molar-refractivity contribution in [2.75, 3.05) is 20.3 Å². The number of nitrogens with two attached hydrogens (primary N) is 2. The van der Waals surface area contributed by atoms with E-state index in [4.69, 9.17) is 70.7 Å². The van der Waals surface area contributed by atoms with Gasteiger partial charge in [0.05, 0.1) is 24.3 Å². The van der Waals surface area contributed by atoms with Crippen molar-refractivity contribution in [1.29, 1.82) is 0 Å². The van der Waals surface area contributed by atoms with Crippen molar-refractivity contribution in [3.63, 3.8) is 0 Å². The Balaban J connectivity index is 1.78. The van der Waals surface area contributed by atoms with E-state index in [1.807, 2.05) is 0 Å². The quantitative estimate of drug-likeness (QED) is 0.0664. The molecule has 3 fully saturated rings. The summed E-state index contributed by atoms with van der Waals surface area (Å²) < 4.78 is 34.1.